The van der Waals surface area contributed by atoms with E-state index in [4.69, 9.17) is 0 Å². The van der Waals surface area contributed by atoms with Crippen LogP contribution in [-0.4, -0.2) is 26.1 Å². The molecular formula is C13H9N5O7. The van der Waals surface area contributed by atoms with Crippen molar-refractivity contribution in [2.45, 2.75) is 0 Å². The van der Waals surface area contributed by atoms with Crippen molar-refractivity contribution in [1.29, 1.82) is 0 Å². The van der Waals surface area contributed by atoms with Gasteiger partial charge in [-0.25, -0.2) is 0 Å². The highest BCUT2D eigenvalue weighted by Gasteiger charge is 2.19. The maximum absolute atomic E-state index is 11.0. The molecule has 0 bridgehead atoms. The highest BCUT2D eigenvalue weighted by Crippen LogP contribution is 2.29. The van der Waals surface area contributed by atoms with Crippen molar-refractivity contribution in [3.8, 4) is 5.75 Å². The molecule has 0 aliphatic heterocycles. The van der Waals surface area contributed by atoms with Crippen molar-refractivity contribution in [2.75, 3.05) is 5.43 Å². The van der Waals surface area contributed by atoms with Gasteiger partial charge in [-0.2, -0.15) is 5.10 Å². The molecule has 12 nitrogen and oxygen atoms in total. The van der Waals surface area contributed by atoms with E-state index in [1.54, 1.807) is 0 Å². The first-order valence-corrected chi connectivity index (χ1v) is 6.49. The van der Waals surface area contributed by atoms with Crippen LogP contribution in [0.2, 0.25) is 0 Å². The topological polar surface area (TPSA) is 174 Å². The van der Waals surface area contributed by atoms with Crippen LogP contribution < -0.4 is 5.43 Å². The minimum atomic E-state index is -0.824. The molecule has 0 spiro atoms. The van der Waals surface area contributed by atoms with E-state index in [0.717, 1.165) is 42.6 Å². The smallest absolute Gasteiger partial charge is 0.301 e. The number of nitrogens with one attached hydrogen (secondary N) is 1. The summed E-state index contributed by atoms with van der Waals surface area (Å²) in [6.07, 6.45) is 1.02. The van der Waals surface area contributed by atoms with E-state index in [1.165, 1.54) is 0 Å². The summed E-state index contributed by atoms with van der Waals surface area (Å²) in [7, 11) is 0. The van der Waals surface area contributed by atoms with Crippen molar-refractivity contribution in [3.63, 3.8) is 0 Å². The number of rotatable bonds is 6. The predicted molar refractivity (Wildman–Crippen MR) is 85.7 cm³/mol. The quantitative estimate of drug-likeness (QED) is 0.455. The van der Waals surface area contributed by atoms with Gasteiger partial charge in [0.1, 0.15) is 11.4 Å². The maximum Gasteiger partial charge on any atom is 0.301 e. The number of phenolic OH excluding ortho intramolecular Hbond substituents is 1. The monoisotopic (exact) mass is 347 g/mol. The van der Waals surface area contributed by atoms with Crippen LogP contribution in [0.4, 0.5) is 22.7 Å². The molecule has 0 amide bonds. The van der Waals surface area contributed by atoms with Gasteiger partial charge in [-0.3, -0.25) is 35.8 Å². The molecule has 2 aromatic carbocycles. The van der Waals surface area contributed by atoms with Crippen LogP contribution in [0.5, 0.6) is 5.75 Å². The molecule has 0 aromatic heterocycles. The largest absolute Gasteiger partial charge is 0.507 e. The molecule has 25 heavy (non-hydrogen) atoms. The molecule has 0 heterocycles. The number of non-ortho nitro benzene ring substituents is 2. The average molecular weight is 347 g/mol. The summed E-state index contributed by atoms with van der Waals surface area (Å²) in [6.45, 7) is 0. The molecule has 2 N–H and O–H groups in total. The average Bonchev–Trinajstić information content (AvgIpc) is 2.56. The molecule has 12 heteroatoms. The Morgan fingerprint density at radius 2 is 1.52 bits per heavy atom. The summed E-state index contributed by atoms with van der Waals surface area (Å²) in [5.41, 5.74) is 0.875. The van der Waals surface area contributed by atoms with Crippen LogP contribution in [0.15, 0.2) is 41.5 Å². The molecule has 0 radical (unpaired) electrons. The summed E-state index contributed by atoms with van der Waals surface area (Å²) < 4.78 is 0. The van der Waals surface area contributed by atoms with Crippen LogP contribution in [0.3, 0.4) is 0 Å². The number of hydrogen-bond donors (Lipinski definition) is 2. The van der Waals surface area contributed by atoms with E-state index in [0.29, 0.717) is 0 Å². The van der Waals surface area contributed by atoms with Gasteiger partial charge in [0.15, 0.2) is 0 Å². The summed E-state index contributed by atoms with van der Waals surface area (Å²) in [5.74, 6) is -0.283. The zero-order valence-corrected chi connectivity index (χ0v) is 12.2. The first-order chi connectivity index (χ1) is 11.8. The fourth-order valence-corrected chi connectivity index (χ4v) is 1.81. The standard InChI is InChI=1S/C13H9N5O7/c19-13-4-2-9(16(20)21)5-8(13)7-14-15-11-3-1-10(17(22)23)6-12(11)18(24)25/h1-7,15,19H/b14-7-. The lowest BCUT2D eigenvalue weighted by Gasteiger charge is -2.02. The van der Waals surface area contributed by atoms with E-state index in [-0.39, 0.29) is 22.7 Å². The highest BCUT2D eigenvalue weighted by molar-refractivity contribution is 5.85. The number of nitro benzene ring substituents is 3. The Balaban J connectivity index is 2.28. The minimum absolute atomic E-state index is 0.00580. The van der Waals surface area contributed by atoms with Gasteiger partial charge in [0, 0.05) is 23.8 Å². The lowest BCUT2D eigenvalue weighted by molar-refractivity contribution is -0.393. The predicted octanol–water partition coefficient (Wildman–Crippen LogP) is 2.56. The van der Waals surface area contributed by atoms with Crippen LogP contribution in [0.25, 0.3) is 0 Å². The fraction of sp³-hybridized carbons (Fsp3) is 0. The number of aromatic hydroxyl groups is 1. The van der Waals surface area contributed by atoms with E-state index >= 15 is 0 Å². The molecule has 0 unspecified atom stereocenters. The Morgan fingerprint density at radius 1 is 0.920 bits per heavy atom. The van der Waals surface area contributed by atoms with Crippen molar-refractivity contribution in [2.24, 2.45) is 5.10 Å². The normalized spacial score (nSPS) is 10.6. The molecule has 0 saturated carbocycles. The van der Waals surface area contributed by atoms with Gasteiger partial charge in [-0.1, -0.05) is 0 Å². The fourth-order valence-electron chi connectivity index (χ4n) is 1.81. The van der Waals surface area contributed by atoms with Gasteiger partial charge in [0.05, 0.1) is 27.1 Å². The minimum Gasteiger partial charge on any atom is -0.507 e. The van der Waals surface area contributed by atoms with Gasteiger partial charge in [0.25, 0.3) is 11.4 Å². The second-order valence-electron chi connectivity index (χ2n) is 4.59. The highest BCUT2D eigenvalue weighted by atomic mass is 16.6. The van der Waals surface area contributed by atoms with Crippen molar-refractivity contribution in [1.82, 2.24) is 0 Å². The first kappa shape index (κ1) is 17.3. The van der Waals surface area contributed by atoms with Gasteiger partial charge < -0.3 is 5.11 Å². The maximum atomic E-state index is 11.0. The number of nitrogens with zero attached hydrogens (tertiary/aromatic N) is 4. The lowest BCUT2D eigenvalue weighted by atomic mass is 10.2. The number of hydrogen-bond acceptors (Lipinski definition) is 9. The molecule has 0 aliphatic carbocycles. The Kier molecular flexibility index (Phi) is 4.83. The van der Waals surface area contributed by atoms with Crippen LogP contribution in [0.1, 0.15) is 5.56 Å². The first-order valence-electron chi connectivity index (χ1n) is 6.49. The number of phenols is 1. The van der Waals surface area contributed by atoms with Crippen molar-refractivity contribution in [3.05, 3.63) is 72.3 Å². The zero-order valence-electron chi connectivity index (χ0n) is 12.2. The van der Waals surface area contributed by atoms with E-state index < -0.39 is 26.1 Å². The van der Waals surface area contributed by atoms with Crippen LogP contribution in [0, 0.1) is 30.3 Å². The van der Waals surface area contributed by atoms with Crippen LogP contribution in [-0.2, 0) is 0 Å². The molecule has 0 saturated heterocycles. The molecule has 0 aliphatic rings. The van der Waals surface area contributed by atoms with Gasteiger partial charge in [0.2, 0.25) is 0 Å². The molecule has 2 aromatic rings. The number of anilines is 1. The van der Waals surface area contributed by atoms with E-state index in [9.17, 15) is 35.4 Å². The van der Waals surface area contributed by atoms with E-state index in [2.05, 4.69) is 10.5 Å². The third-order valence-electron chi connectivity index (χ3n) is 3.00. The summed E-state index contributed by atoms with van der Waals surface area (Å²) in [4.78, 5) is 30.1. The van der Waals surface area contributed by atoms with Crippen molar-refractivity contribution < 1.29 is 19.9 Å². The lowest BCUT2D eigenvalue weighted by Crippen LogP contribution is -1.99. The third kappa shape index (κ3) is 4.01. The number of benzene rings is 2. The van der Waals surface area contributed by atoms with Gasteiger partial charge in [-0.05, 0) is 12.1 Å². The molecule has 0 fully saturated rings. The van der Waals surface area contributed by atoms with Gasteiger partial charge >= 0.3 is 5.69 Å². The second kappa shape index (κ2) is 6.99. The SMILES string of the molecule is O=[N+]([O-])c1ccc(O)c(/C=N\Nc2ccc([N+](=O)[O-])cc2[N+](=O)[O-])c1. The molecule has 0 atom stereocenters. The summed E-state index contributed by atoms with van der Waals surface area (Å²) >= 11 is 0. The molecular weight excluding hydrogens is 338 g/mol. The summed E-state index contributed by atoms with van der Waals surface area (Å²) in [5, 5.41) is 45.6. The summed E-state index contributed by atoms with van der Waals surface area (Å²) in [6, 6.07) is 6.18. The van der Waals surface area contributed by atoms with Crippen molar-refractivity contribution >= 4 is 29.0 Å². The Bertz CT molecular complexity index is 896. The van der Waals surface area contributed by atoms with E-state index in [1.807, 2.05) is 0 Å². The Labute approximate surface area is 138 Å². The number of hydrazone groups is 1. The Morgan fingerprint density at radius 3 is 2.12 bits per heavy atom. The second-order valence-corrected chi connectivity index (χ2v) is 4.59. The number of nitro groups is 3. The van der Waals surface area contributed by atoms with Crippen LogP contribution >= 0.6 is 0 Å². The third-order valence-corrected chi connectivity index (χ3v) is 3.00. The molecule has 128 valence electrons. The zero-order chi connectivity index (χ0) is 18.6. The Hall–Kier alpha value is -4.09. The molecule has 2 rings (SSSR count). The van der Waals surface area contributed by atoms with Gasteiger partial charge in [-0.15, -0.1) is 0 Å².